The van der Waals surface area contributed by atoms with Gasteiger partial charge in [-0.05, 0) is 18.7 Å². The van der Waals surface area contributed by atoms with Crippen LogP contribution >= 0.6 is 0 Å². The lowest BCUT2D eigenvalue weighted by atomic mass is 10.4. The number of nitrogens with zero attached hydrogens (tertiary/aromatic N) is 2. The lowest BCUT2D eigenvalue weighted by Gasteiger charge is -1.98. The van der Waals surface area contributed by atoms with Gasteiger partial charge in [0.1, 0.15) is 17.2 Å². The molecule has 2 aromatic rings. The van der Waals surface area contributed by atoms with Crippen molar-refractivity contribution >= 4 is 5.52 Å². The van der Waals surface area contributed by atoms with Gasteiger partial charge in [0.25, 0.3) is 0 Å². The minimum absolute atomic E-state index is 0.252. The monoisotopic (exact) mass is 179 g/mol. The number of imidazole rings is 1. The van der Waals surface area contributed by atoms with Gasteiger partial charge in [-0.3, -0.25) is 0 Å². The molecule has 4 heteroatoms. The van der Waals surface area contributed by atoms with Crippen molar-refractivity contribution in [3.05, 3.63) is 36.2 Å². The standard InChI is InChI=1S/C9H10FN3/c10-7-2-1-5-13-8(7)6-12-9(13)3-4-11/h1-2,5-6H,3-4,11H2. The van der Waals surface area contributed by atoms with Crippen LogP contribution in [-0.4, -0.2) is 15.9 Å². The minimum Gasteiger partial charge on any atom is -0.330 e. The number of hydrogen-bond donors (Lipinski definition) is 1. The van der Waals surface area contributed by atoms with Gasteiger partial charge in [-0.2, -0.15) is 0 Å². The molecule has 0 aliphatic carbocycles. The second kappa shape index (κ2) is 3.14. The summed E-state index contributed by atoms with van der Waals surface area (Å²) in [6.45, 7) is 0.523. The third-order valence-corrected chi connectivity index (χ3v) is 1.96. The van der Waals surface area contributed by atoms with Crippen LogP contribution in [0, 0.1) is 5.82 Å². The highest BCUT2D eigenvalue weighted by atomic mass is 19.1. The predicted molar refractivity (Wildman–Crippen MR) is 47.9 cm³/mol. The number of rotatable bonds is 2. The fourth-order valence-electron chi connectivity index (χ4n) is 1.36. The van der Waals surface area contributed by atoms with E-state index >= 15 is 0 Å². The number of pyridine rings is 1. The topological polar surface area (TPSA) is 43.3 Å². The van der Waals surface area contributed by atoms with E-state index in [1.807, 2.05) is 0 Å². The molecule has 0 amide bonds. The van der Waals surface area contributed by atoms with E-state index in [1.165, 1.54) is 12.3 Å². The number of halogens is 1. The highest BCUT2D eigenvalue weighted by Crippen LogP contribution is 2.10. The zero-order valence-electron chi connectivity index (χ0n) is 7.07. The van der Waals surface area contributed by atoms with E-state index in [1.54, 1.807) is 16.7 Å². The van der Waals surface area contributed by atoms with Crippen molar-refractivity contribution in [2.45, 2.75) is 6.42 Å². The Labute approximate surface area is 75.0 Å². The molecule has 2 N–H and O–H groups in total. The highest BCUT2D eigenvalue weighted by molar-refractivity contribution is 5.47. The molecule has 13 heavy (non-hydrogen) atoms. The zero-order valence-corrected chi connectivity index (χ0v) is 7.07. The van der Waals surface area contributed by atoms with Gasteiger partial charge in [-0.25, -0.2) is 9.37 Å². The van der Waals surface area contributed by atoms with Crippen LogP contribution in [0.2, 0.25) is 0 Å². The Morgan fingerprint density at radius 3 is 3.15 bits per heavy atom. The Bertz CT molecular complexity index is 422. The van der Waals surface area contributed by atoms with Gasteiger partial charge in [0.2, 0.25) is 0 Å². The van der Waals surface area contributed by atoms with Gasteiger partial charge in [-0.15, -0.1) is 0 Å². The summed E-state index contributed by atoms with van der Waals surface area (Å²) in [7, 11) is 0. The van der Waals surface area contributed by atoms with Gasteiger partial charge in [0.15, 0.2) is 0 Å². The second-order valence-corrected chi connectivity index (χ2v) is 2.82. The molecule has 2 heterocycles. The predicted octanol–water partition coefficient (Wildman–Crippen LogP) is 0.975. The number of aromatic nitrogens is 2. The van der Waals surface area contributed by atoms with Crippen LogP contribution in [0.25, 0.3) is 5.52 Å². The molecule has 0 radical (unpaired) electrons. The smallest absolute Gasteiger partial charge is 0.148 e. The Balaban J connectivity index is 2.61. The van der Waals surface area contributed by atoms with Crippen molar-refractivity contribution in [3.63, 3.8) is 0 Å². The Morgan fingerprint density at radius 1 is 1.54 bits per heavy atom. The molecule has 0 atom stereocenters. The summed E-state index contributed by atoms with van der Waals surface area (Å²) in [5, 5.41) is 0. The van der Waals surface area contributed by atoms with Crippen LogP contribution in [0.5, 0.6) is 0 Å². The maximum atomic E-state index is 13.1. The number of hydrogen-bond acceptors (Lipinski definition) is 2. The van der Waals surface area contributed by atoms with Gasteiger partial charge < -0.3 is 10.1 Å². The van der Waals surface area contributed by atoms with E-state index in [2.05, 4.69) is 4.98 Å². The Morgan fingerprint density at radius 2 is 2.38 bits per heavy atom. The van der Waals surface area contributed by atoms with Crippen LogP contribution in [0.1, 0.15) is 5.82 Å². The summed E-state index contributed by atoms with van der Waals surface area (Å²) >= 11 is 0. The molecule has 0 aliphatic heterocycles. The van der Waals surface area contributed by atoms with Crippen LogP contribution in [0.4, 0.5) is 4.39 Å². The summed E-state index contributed by atoms with van der Waals surface area (Å²) < 4.78 is 14.9. The first-order chi connectivity index (χ1) is 6.33. The van der Waals surface area contributed by atoms with Gasteiger partial charge >= 0.3 is 0 Å². The summed E-state index contributed by atoms with van der Waals surface area (Å²) in [6, 6.07) is 3.08. The molecule has 0 saturated carbocycles. The third kappa shape index (κ3) is 1.29. The first kappa shape index (κ1) is 8.19. The maximum absolute atomic E-state index is 13.1. The van der Waals surface area contributed by atoms with E-state index in [0.29, 0.717) is 18.5 Å². The number of nitrogens with two attached hydrogens (primary N) is 1. The zero-order chi connectivity index (χ0) is 9.26. The van der Waals surface area contributed by atoms with Crippen molar-refractivity contribution in [3.8, 4) is 0 Å². The van der Waals surface area contributed by atoms with Crippen LogP contribution in [0.15, 0.2) is 24.5 Å². The van der Waals surface area contributed by atoms with E-state index in [-0.39, 0.29) is 5.82 Å². The van der Waals surface area contributed by atoms with Gasteiger partial charge in [0, 0.05) is 12.6 Å². The van der Waals surface area contributed by atoms with Crippen LogP contribution in [-0.2, 0) is 6.42 Å². The Hall–Kier alpha value is -1.42. The minimum atomic E-state index is -0.252. The summed E-state index contributed by atoms with van der Waals surface area (Å²) in [4.78, 5) is 4.09. The van der Waals surface area contributed by atoms with Gasteiger partial charge in [-0.1, -0.05) is 0 Å². The lowest BCUT2D eigenvalue weighted by molar-refractivity contribution is 0.632. The van der Waals surface area contributed by atoms with Crippen molar-refractivity contribution in [2.24, 2.45) is 5.73 Å². The largest absolute Gasteiger partial charge is 0.330 e. The van der Waals surface area contributed by atoms with E-state index in [0.717, 1.165) is 5.82 Å². The fraction of sp³-hybridized carbons (Fsp3) is 0.222. The molecule has 0 unspecified atom stereocenters. The maximum Gasteiger partial charge on any atom is 0.148 e. The average molecular weight is 179 g/mol. The van der Waals surface area contributed by atoms with Gasteiger partial charge in [0.05, 0.1) is 6.20 Å². The summed E-state index contributed by atoms with van der Waals surface area (Å²) in [5.74, 6) is 0.551. The van der Waals surface area contributed by atoms with E-state index in [4.69, 9.17) is 5.73 Å². The SMILES string of the molecule is NCCc1ncc2c(F)cccn12. The molecule has 0 aromatic carbocycles. The molecule has 0 fully saturated rings. The molecule has 0 saturated heterocycles. The fourth-order valence-corrected chi connectivity index (χ4v) is 1.36. The quantitative estimate of drug-likeness (QED) is 0.746. The first-order valence-electron chi connectivity index (χ1n) is 4.13. The van der Waals surface area contributed by atoms with E-state index in [9.17, 15) is 4.39 Å². The molecule has 2 rings (SSSR count). The first-order valence-corrected chi connectivity index (χ1v) is 4.13. The summed E-state index contributed by atoms with van der Waals surface area (Å²) in [5.41, 5.74) is 5.91. The van der Waals surface area contributed by atoms with Crippen molar-refractivity contribution < 1.29 is 4.39 Å². The van der Waals surface area contributed by atoms with Crippen LogP contribution in [0.3, 0.4) is 0 Å². The molecule has 3 nitrogen and oxygen atoms in total. The Kier molecular flexibility index (Phi) is 1.98. The highest BCUT2D eigenvalue weighted by Gasteiger charge is 2.04. The molecular formula is C9H10FN3. The third-order valence-electron chi connectivity index (χ3n) is 1.96. The van der Waals surface area contributed by atoms with Crippen LogP contribution < -0.4 is 5.73 Å². The molecule has 68 valence electrons. The number of fused-ring (bicyclic) bond motifs is 1. The van der Waals surface area contributed by atoms with Crippen molar-refractivity contribution in [1.82, 2.24) is 9.38 Å². The molecule has 0 spiro atoms. The molecule has 0 aliphatic rings. The molecule has 2 aromatic heterocycles. The molecular weight excluding hydrogens is 169 g/mol. The normalized spacial score (nSPS) is 10.9. The van der Waals surface area contributed by atoms with E-state index < -0.39 is 0 Å². The van der Waals surface area contributed by atoms with Crippen molar-refractivity contribution in [2.75, 3.05) is 6.54 Å². The second-order valence-electron chi connectivity index (χ2n) is 2.82. The lowest BCUT2D eigenvalue weighted by Crippen LogP contribution is -2.06. The van der Waals surface area contributed by atoms with Crippen molar-refractivity contribution in [1.29, 1.82) is 0 Å². The average Bonchev–Trinajstić information content (AvgIpc) is 2.51. The molecule has 0 bridgehead atoms. The summed E-state index contributed by atoms with van der Waals surface area (Å²) in [6.07, 6.45) is 3.98.